The molecule has 0 saturated heterocycles. The first-order valence-corrected chi connectivity index (χ1v) is 10.1. The van der Waals surface area contributed by atoms with Crippen molar-refractivity contribution in [2.24, 2.45) is 5.92 Å². The molecule has 0 aliphatic rings. The SMILES string of the molecule is C[C@H](CC(=O)O[C@H](C#N)c1cccc(Oc2ccccc2)c1)Cc1ccc(Cl)cc1. The molecule has 5 heteroatoms. The Morgan fingerprint density at radius 1 is 1.00 bits per heavy atom. The van der Waals surface area contributed by atoms with Gasteiger partial charge in [-0.2, -0.15) is 5.26 Å². The van der Waals surface area contributed by atoms with Gasteiger partial charge in [0.25, 0.3) is 0 Å². The zero-order chi connectivity index (χ0) is 21.3. The van der Waals surface area contributed by atoms with Gasteiger partial charge in [0.05, 0.1) is 0 Å². The molecule has 3 aromatic rings. The van der Waals surface area contributed by atoms with Crippen molar-refractivity contribution >= 4 is 17.6 Å². The molecule has 0 unspecified atom stereocenters. The van der Waals surface area contributed by atoms with Crippen LogP contribution < -0.4 is 4.74 Å². The van der Waals surface area contributed by atoms with E-state index in [4.69, 9.17) is 21.1 Å². The third-order valence-corrected chi connectivity index (χ3v) is 4.77. The Kier molecular flexibility index (Phi) is 7.48. The molecule has 0 fully saturated rings. The van der Waals surface area contributed by atoms with Crippen LogP contribution in [0.15, 0.2) is 78.9 Å². The molecule has 4 nitrogen and oxygen atoms in total. The lowest BCUT2D eigenvalue weighted by molar-refractivity contribution is -0.147. The van der Waals surface area contributed by atoms with Crippen LogP contribution in [-0.4, -0.2) is 5.97 Å². The number of hydrogen-bond donors (Lipinski definition) is 0. The number of carbonyl (C=O) groups excluding carboxylic acids is 1. The van der Waals surface area contributed by atoms with Crippen molar-refractivity contribution in [3.05, 3.63) is 95.0 Å². The number of hydrogen-bond acceptors (Lipinski definition) is 4. The first-order valence-electron chi connectivity index (χ1n) is 9.70. The summed E-state index contributed by atoms with van der Waals surface area (Å²) in [6, 6.07) is 26.0. The van der Waals surface area contributed by atoms with Crippen LogP contribution in [0.2, 0.25) is 5.02 Å². The Morgan fingerprint density at radius 2 is 1.70 bits per heavy atom. The van der Waals surface area contributed by atoms with E-state index in [1.54, 1.807) is 24.3 Å². The molecular weight excluding hydrogens is 398 g/mol. The average Bonchev–Trinajstić information content (AvgIpc) is 2.74. The quantitative estimate of drug-likeness (QED) is 0.390. The van der Waals surface area contributed by atoms with Gasteiger partial charge in [-0.3, -0.25) is 4.79 Å². The first-order chi connectivity index (χ1) is 14.5. The van der Waals surface area contributed by atoms with Gasteiger partial charge in [-0.25, -0.2) is 0 Å². The number of para-hydroxylation sites is 1. The Bertz CT molecular complexity index is 1010. The highest BCUT2D eigenvalue weighted by Crippen LogP contribution is 2.26. The van der Waals surface area contributed by atoms with E-state index in [-0.39, 0.29) is 12.3 Å². The van der Waals surface area contributed by atoms with Crippen molar-refractivity contribution in [3.8, 4) is 17.6 Å². The molecule has 0 spiro atoms. The zero-order valence-corrected chi connectivity index (χ0v) is 17.4. The molecule has 30 heavy (non-hydrogen) atoms. The van der Waals surface area contributed by atoms with Crippen LogP contribution >= 0.6 is 11.6 Å². The molecule has 0 radical (unpaired) electrons. The average molecular weight is 420 g/mol. The number of benzene rings is 3. The lowest BCUT2D eigenvalue weighted by atomic mass is 9.98. The summed E-state index contributed by atoms with van der Waals surface area (Å²) in [4.78, 5) is 12.4. The fourth-order valence-electron chi connectivity index (χ4n) is 3.09. The van der Waals surface area contributed by atoms with E-state index >= 15 is 0 Å². The van der Waals surface area contributed by atoms with Crippen LogP contribution in [0, 0.1) is 17.2 Å². The van der Waals surface area contributed by atoms with Gasteiger partial charge in [-0.05, 0) is 54.3 Å². The summed E-state index contributed by atoms with van der Waals surface area (Å²) in [7, 11) is 0. The van der Waals surface area contributed by atoms with Gasteiger partial charge in [0.1, 0.15) is 17.6 Å². The smallest absolute Gasteiger partial charge is 0.307 e. The van der Waals surface area contributed by atoms with Crippen molar-refractivity contribution in [1.82, 2.24) is 0 Å². The van der Waals surface area contributed by atoms with Crippen molar-refractivity contribution < 1.29 is 14.3 Å². The summed E-state index contributed by atoms with van der Waals surface area (Å²) in [5, 5.41) is 10.2. The van der Waals surface area contributed by atoms with E-state index in [1.165, 1.54) is 0 Å². The second-order valence-corrected chi connectivity index (χ2v) is 7.56. The number of esters is 1. The van der Waals surface area contributed by atoms with Gasteiger partial charge in [0, 0.05) is 17.0 Å². The summed E-state index contributed by atoms with van der Waals surface area (Å²) < 4.78 is 11.2. The normalized spacial score (nSPS) is 12.4. The molecule has 3 aromatic carbocycles. The molecule has 0 N–H and O–H groups in total. The summed E-state index contributed by atoms with van der Waals surface area (Å²) in [6.45, 7) is 1.98. The predicted molar refractivity (Wildman–Crippen MR) is 116 cm³/mol. The standard InChI is InChI=1S/C25H22ClNO3/c1-18(14-19-10-12-21(26)13-11-19)15-25(28)30-24(17-27)20-6-5-9-23(16-20)29-22-7-3-2-4-8-22/h2-13,16,18,24H,14-15H2,1H3/t18-,24+/m0/s1. The fraction of sp³-hybridized carbons (Fsp3) is 0.200. The minimum Gasteiger partial charge on any atom is -0.457 e. The lowest BCUT2D eigenvalue weighted by Crippen LogP contribution is -2.14. The summed E-state index contributed by atoms with van der Waals surface area (Å²) in [6.07, 6.45) is -0.0372. The topological polar surface area (TPSA) is 59.3 Å². The maximum Gasteiger partial charge on any atom is 0.307 e. The third kappa shape index (κ3) is 6.37. The molecule has 0 aliphatic heterocycles. The molecular formula is C25H22ClNO3. The van der Waals surface area contributed by atoms with Crippen LogP contribution in [0.25, 0.3) is 0 Å². The Labute approximate surface area is 181 Å². The van der Waals surface area contributed by atoms with E-state index in [0.29, 0.717) is 22.1 Å². The fourth-order valence-corrected chi connectivity index (χ4v) is 3.22. The van der Waals surface area contributed by atoms with E-state index in [0.717, 1.165) is 12.0 Å². The van der Waals surface area contributed by atoms with E-state index in [2.05, 4.69) is 6.07 Å². The number of halogens is 1. The van der Waals surface area contributed by atoms with Crippen LogP contribution in [0.5, 0.6) is 11.5 Å². The second-order valence-electron chi connectivity index (χ2n) is 7.13. The summed E-state index contributed by atoms with van der Waals surface area (Å²) >= 11 is 5.91. The predicted octanol–water partition coefficient (Wildman–Crippen LogP) is 6.51. The minimum absolute atomic E-state index is 0.0748. The highest BCUT2D eigenvalue weighted by Gasteiger charge is 2.19. The van der Waals surface area contributed by atoms with Crippen LogP contribution in [0.1, 0.15) is 30.6 Å². The highest BCUT2D eigenvalue weighted by atomic mass is 35.5. The molecule has 2 atom stereocenters. The Hall–Kier alpha value is -3.29. The Morgan fingerprint density at radius 3 is 2.40 bits per heavy atom. The first kappa shape index (κ1) is 21.4. The number of carbonyl (C=O) groups is 1. The van der Waals surface area contributed by atoms with Gasteiger partial charge in [0.15, 0.2) is 0 Å². The van der Waals surface area contributed by atoms with Crippen LogP contribution in [0.3, 0.4) is 0 Å². The number of rotatable bonds is 8. The van der Waals surface area contributed by atoms with Gasteiger partial charge in [-0.1, -0.05) is 61.0 Å². The zero-order valence-electron chi connectivity index (χ0n) is 16.6. The number of nitriles is 1. The molecule has 0 bridgehead atoms. The van der Waals surface area contributed by atoms with Crippen LogP contribution in [-0.2, 0) is 16.0 Å². The molecule has 3 rings (SSSR count). The molecule has 0 amide bonds. The van der Waals surface area contributed by atoms with E-state index in [1.807, 2.05) is 61.5 Å². The highest BCUT2D eigenvalue weighted by molar-refractivity contribution is 6.30. The molecule has 0 aromatic heterocycles. The Balaban J connectivity index is 1.59. The van der Waals surface area contributed by atoms with Gasteiger partial charge in [-0.15, -0.1) is 0 Å². The van der Waals surface area contributed by atoms with Crippen molar-refractivity contribution in [1.29, 1.82) is 5.26 Å². The third-order valence-electron chi connectivity index (χ3n) is 4.52. The number of ether oxygens (including phenoxy) is 2. The maximum absolute atomic E-state index is 12.4. The minimum atomic E-state index is -0.987. The van der Waals surface area contributed by atoms with Crippen molar-refractivity contribution in [2.45, 2.75) is 25.9 Å². The second kappa shape index (κ2) is 10.5. The van der Waals surface area contributed by atoms with E-state index < -0.39 is 12.1 Å². The van der Waals surface area contributed by atoms with Crippen molar-refractivity contribution in [2.75, 3.05) is 0 Å². The lowest BCUT2D eigenvalue weighted by Gasteiger charge is -2.15. The number of nitrogens with zero attached hydrogens (tertiary/aromatic N) is 1. The van der Waals surface area contributed by atoms with Gasteiger partial charge >= 0.3 is 5.97 Å². The largest absolute Gasteiger partial charge is 0.457 e. The summed E-state index contributed by atoms with van der Waals surface area (Å²) in [5.41, 5.74) is 1.67. The summed E-state index contributed by atoms with van der Waals surface area (Å²) in [5.74, 6) is 0.936. The molecule has 0 heterocycles. The van der Waals surface area contributed by atoms with Crippen molar-refractivity contribution in [3.63, 3.8) is 0 Å². The molecule has 0 aliphatic carbocycles. The van der Waals surface area contributed by atoms with Gasteiger partial charge < -0.3 is 9.47 Å². The van der Waals surface area contributed by atoms with Crippen LogP contribution in [0.4, 0.5) is 0 Å². The molecule has 0 saturated carbocycles. The van der Waals surface area contributed by atoms with Gasteiger partial charge in [0.2, 0.25) is 6.10 Å². The monoisotopic (exact) mass is 419 g/mol. The molecule has 152 valence electrons. The maximum atomic E-state index is 12.4. The van der Waals surface area contributed by atoms with E-state index in [9.17, 15) is 10.1 Å².